The lowest BCUT2D eigenvalue weighted by atomic mass is 10.2. The van der Waals surface area contributed by atoms with Gasteiger partial charge < -0.3 is 14.9 Å². The molecule has 0 atom stereocenters. The second-order valence-corrected chi connectivity index (χ2v) is 10.0. The van der Waals surface area contributed by atoms with Crippen molar-refractivity contribution in [1.82, 2.24) is 24.1 Å². The number of H-pyrrole nitrogens is 2. The molecule has 0 bridgehead atoms. The Balaban J connectivity index is 1.41. The second-order valence-electron chi connectivity index (χ2n) is 8.09. The van der Waals surface area contributed by atoms with Crippen molar-refractivity contribution < 1.29 is 13.2 Å². The Morgan fingerprint density at radius 1 is 0.839 bits per heavy atom. The number of fused-ring (bicyclic) bond motifs is 1. The number of piperazine rings is 1. The number of nitrogens with zero attached hydrogens (tertiary/aromatic N) is 3. The van der Waals surface area contributed by atoms with E-state index in [0.717, 1.165) is 25.9 Å². The Bertz CT molecular complexity index is 1170. The van der Waals surface area contributed by atoms with Crippen LogP contribution in [0.2, 0.25) is 0 Å². The summed E-state index contributed by atoms with van der Waals surface area (Å²) in [6.45, 7) is 3.47. The van der Waals surface area contributed by atoms with Gasteiger partial charge in [0.05, 0.1) is 22.5 Å². The number of rotatable bonds is 4. The molecule has 0 unspecified atom stereocenters. The number of aromatic nitrogens is 2. The number of nitrogens with one attached hydrogen (secondary N) is 2. The number of likely N-dealkylation sites (tertiary alicyclic amines) is 1. The van der Waals surface area contributed by atoms with E-state index >= 15 is 0 Å². The summed E-state index contributed by atoms with van der Waals surface area (Å²) in [4.78, 5) is 44.4. The zero-order chi connectivity index (χ0) is 22.0. The SMILES string of the molecule is O=C(CN1CCN(S(=O)(=O)c2ccc3[nH]c(=O)c(=O)[nH]c3c2)CC1)N1CCCCCC1. The number of amides is 1. The molecule has 0 spiro atoms. The minimum Gasteiger partial charge on any atom is -0.342 e. The Kier molecular flexibility index (Phi) is 6.26. The molecule has 4 rings (SSSR count). The fraction of sp³-hybridized carbons (Fsp3) is 0.550. The van der Waals surface area contributed by atoms with Crippen LogP contribution >= 0.6 is 0 Å². The molecule has 2 fully saturated rings. The highest BCUT2D eigenvalue weighted by Gasteiger charge is 2.30. The standard InChI is InChI=1S/C20H27N5O5S/c26-18(24-7-3-1-2-4-8-24)14-23-9-11-25(12-10-23)31(29,30)15-5-6-16-17(13-15)22-20(28)19(27)21-16/h5-6,13H,1-4,7-12,14H2,(H,21,27)(H,22,28). The molecule has 0 aliphatic carbocycles. The molecule has 1 aromatic heterocycles. The number of benzene rings is 1. The third kappa shape index (κ3) is 4.73. The Morgan fingerprint density at radius 3 is 2.10 bits per heavy atom. The van der Waals surface area contributed by atoms with Crippen LogP contribution in [0, 0.1) is 0 Å². The van der Waals surface area contributed by atoms with Gasteiger partial charge in [-0.15, -0.1) is 0 Å². The normalized spacial score (nSPS) is 19.4. The van der Waals surface area contributed by atoms with Gasteiger partial charge in [-0.2, -0.15) is 4.31 Å². The van der Waals surface area contributed by atoms with E-state index in [1.807, 2.05) is 9.80 Å². The third-order valence-electron chi connectivity index (χ3n) is 5.98. The summed E-state index contributed by atoms with van der Waals surface area (Å²) < 4.78 is 27.5. The van der Waals surface area contributed by atoms with E-state index in [9.17, 15) is 22.8 Å². The molecule has 2 aliphatic heterocycles. The molecule has 0 radical (unpaired) electrons. The summed E-state index contributed by atoms with van der Waals surface area (Å²) in [6.07, 6.45) is 4.42. The van der Waals surface area contributed by atoms with Crippen molar-refractivity contribution in [2.75, 3.05) is 45.8 Å². The lowest BCUT2D eigenvalue weighted by molar-refractivity contribution is -0.132. The van der Waals surface area contributed by atoms with Crippen molar-refractivity contribution in [3.8, 4) is 0 Å². The molecule has 31 heavy (non-hydrogen) atoms. The lowest BCUT2D eigenvalue weighted by Gasteiger charge is -2.34. The zero-order valence-corrected chi connectivity index (χ0v) is 18.1. The van der Waals surface area contributed by atoms with Gasteiger partial charge in [0.1, 0.15) is 0 Å². The van der Waals surface area contributed by atoms with E-state index < -0.39 is 21.1 Å². The van der Waals surface area contributed by atoms with Gasteiger partial charge in [-0.1, -0.05) is 12.8 Å². The highest BCUT2D eigenvalue weighted by molar-refractivity contribution is 7.89. The van der Waals surface area contributed by atoms with Crippen LogP contribution in [0.4, 0.5) is 0 Å². The average molecular weight is 450 g/mol. The fourth-order valence-electron chi connectivity index (χ4n) is 4.14. The molecule has 10 nitrogen and oxygen atoms in total. The van der Waals surface area contributed by atoms with Gasteiger partial charge in [0.25, 0.3) is 0 Å². The summed E-state index contributed by atoms with van der Waals surface area (Å²) in [5.41, 5.74) is -0.994. The predicted octanol–water partition coefficient (Wildman–Crippen LogP) is -0.0747. The first-order valence-electron chi connectivity index (χ1n) is 10.6. The van der Waals surface area contributed by atoms with Gasteiger partial charge in [-0.05, 0) is 31.0 Å². The van der Waals surface area contributed by atoms with Gasteiger partial charge in [0.15, 0.2) is 0 Å². The fourth-order valence-corrected chi connectivity index (χ4v) is 5.59. The highest BCUT2D eigenvalue weighted by atomic mass is 32.2. The van der Waals surface area contributed by atoms with Crippen LogP contribution in [0.5, 0.6) is 0 Å². The number of hydrogen-bond donors (Lipinski definition) is 2. The third-order valence-corrected chi connectivity index (χ3v) is 7.87. The number of hydrogen-bond acceptors (Lipinski definition) is 6. The maximum absolute atomic E-state index is 13.1. The van der Waals surface area contributed by atoms with Crippen molar-refractivity contribution in [3.63, 3.8) is 0 Å². The molecule has 1 aromatic carbocycles. The van der Waals surface area contributed by atoms with Gasteiger partial charge >= 0.3 is 11.1 Å². The van der Waals surface area contributed by atoms with Gasteiger partial charge in [-0.3, -0.25) is 19.3 Å². The molecule has 2 aliphatic rings. The molecule has 2 aromatic rings. The first kappa shape index (κ1) is 21.7. The van der Waals surface area contributed by atoms with E-state index in [1.165, 1.54) is 35.3 Å². The summed E-state index contributed by atoms with van der Waals surface area (Å²) in [6, 6.07) is 4.24. The van der Waals surface area contributed by atoms with Crippen LogP contribution in [-0.2, 0) is 14.8 Å². The minimum absolute atomic E-state index is 0.0526. The number of aromatic amines is 2. The van der Waals surface area contributed by atoms with Crippen molar-refractivity contribution >= 4 is 27.0 Å². The number of sulfonamides is 1. The molecule has 0 saturated carbocycles. The van der Waals surface area contributed by atoms with E-state index in [-0.39, 0.29) is 29.4 Å². The molecule has 168 valence electrons. The maximum atomic E-state index is 13.1. The first-order valence-corrected chi connectivity index (χ1v) is 12.1. The van der Waals surface area contributed by atoms with Gasteiger partial charge in [0.2, 0.25) is 15.9 Å². The quantitative estimate of drug-likeness (QED) is 0.629. The molecular formula is C20H27N5O5S. The summed E-state index contributed by atoms with van der Waals surface area (Å²) in [5.74, 6) is 0.116. The van der Waals surface area contributed by atoms with E-state index in [2.05, 4.69) is 9.97 Å². The lowest BCUT2D eigenvalue weighted by Crippen LogP contribution is -2.51. The monoisotopic (exact) mass is 449 g/mol. The summed E-state index contributed by atoms with van der Waals surface area (Å²) >= 11 is 0. The average Bonchev–Trinajstić information content (AvgIpc) is 3.04. The van der Waals surface area contributed by atoms with Crippen LogP contribution in [0.3, 0.4) is 0 Å². The van der Waals surface area contributed by atoms with Crippen molar-refractivity contribution in [2.24, 2.45) is 0 Å². The zero-order valence-electron chi connectivity index (χ0n) is 17.3. The van der Waals surface area contributed by atoms with Crippen LogP contribution in [0.1, 0.15) is 25.7 Å². The molecular weight excluding hydrogens is 422 g/mol. The van der Waals surface area contributed by atoms with Crippen molar-refractivity contribution in [1.29, 1.82) is 0 Å². The molecule has 2 saturated heterocycles. The molecule has 1 amide bonds. The molecule has 11 heteroatoms. The summed E-state index contributed by atoms with van der Waals surface area (Å²) in [7, 11) is -3.76. The summed E-state index contributed by atoms with van der Waals surface area (Å²) in [5, 5.41) is 0. The van der Waals surface area contributed by atoms with Crippen LogP contribution in [0.15, 0.2) is 32.7 Å². The van der Waals surface area contributed by atoms with E-state index in [0.29, 0.717) is 25.2 Å². The van der Waals surface area contributed by atoms with E-state index in [1.54, 1.807) is 0 Å². The molecule has 2 N–H and O–H groups in total. The van der Waals surface area contributed by atoms with Crippen LogP contribution in [-0.4, -0.2) is 84.2 Å². The predicted molar refractivity (Wildman–Crippen MR) is 115 cm³/mol. The first-order chi connectivity index (χ1) is 14.8. The largest absolute Gasteiger partial charge is 0.342 e. The number of carbonyl (C=O) groups excluding carboxylic acids is 1. The Hall–Kier alpha value is -2.50. The topological polar surface area (TPSA) is 127 Å². The van der Waals surface area contributed by atoms with E-state index in [4.69, 9.17) is 0 Å². The molecule has 3 heterocycles. The Labute approximate surface area is 179 Å². The van der Waals surface area contributed by atoms with Gasteiger partial charge in [0, 0.05) is 39.3 Å². The van der Waals surface area contributed by atoms with Crippen LogP contribution < -0.4 is 11.1 Å². The second kappa shape index (κ2) is 8.93. The minimum atomic E-state index is -3.76. The van der Waals surface area contributed by atoms with Crippen molar-refractivity contribution in [2.45, 2.75) is 30.6 Å². The number of carbonyl (C=O) groups is 1. The maximum Gasteiger partial charge on any atom is 0.314 e. The van der Waals surface area contributed by atoms with Crippen molar-refractivity contribution in [3.05, 3.63) is 38.9 Å². The highest BCUT2D eigenvalue weighted by Crippen LogP contribution is 2.20. The van der Waals surface area contributed by atoms with Gasteiger partial charge in [-0.25, -0.2) is 8.42 Å². The van der Waals surface area contributed by atoms with Crippen LogP contribution in [0.25, 0.3) is 11.0 Å². The Morgan fingerprint density at radius 2 is 1.45 bits per heavy atom. The smallest absolute Gasteiger partial charge is 0.314 e.